The molecule has 0 fully saturated rings. The van der Waals surface area contributed by atoms with Gasteiger partial charge in [0, 0.05) is 10.6 Å². The SMILES string of the molecule is O=C1OC(c2ccc(Cl)cc2)=N/C1=C/c1coc2ccccc2c1=O. The highest BCUT2D eigenvalue weighted by molar-refractivity contribution is 6.30. The molecule has 0 atom stereocenters. The number of cyclic esters (lactones) is 1. The Morgan fingerprint density at radius 2 is 1.76 bits per heavy atom. The lowest BCUT2D eigenvalue weighted by atomic mass is 10.1. The number of esters is 1. The molecular formula is C19H10ClNO4. The second-order valence-corrected chi connectivity index (χ2v) is 5.80. The molecule has 0 spiro atoms. The van der Waals surface area contributed by atoms with Gasteiger partial charge in [0.2, 0.25) is 5.90 Å². The molecule has 0 saturated heterocycles. The van der Waals surface area contributed by atoms with Crippen molar-refractivity contribution in [1.82, 2.24) is 0 Å². The molecule has 2 heterocycles. The first-order chi connectivity index (χ1) is 12.1. The molecule has 2 aromatic carbocycles. The second kappa shape index (κ2) is 6.03. The van der Waals surface area contributed by atoms with Gasteiger partial charge in [0.25, 0.3) is 0 Å². The van der Waals surface area contributed by atoms with Gasteiger partial charge in [-0.15, -0.1) is 0 Å². The van der Waals surface area contributed by atoms with Crippen molar-refractivity contribution in [3.05, 3.63) is 86.9 Å². The Morgan fingerprint density at radius 1 is 1.00 bits per heavy atom. The average Bonchev–Trinajstić information content (AvgIpc) is 2.99. The van der Waals surface area contributed by atoms with Crippen LogP contribution in [-0.4, -0.2) is 11.9 Å². The van der Waals surface area contributed by atoms with Gasteiger partial charge >= 0.3 is 5.97 Å². The van der Waals surface area contributed by atoms with E-state index in [2.05, 4.69) is 4.99 Å². The number of benzene rings is 2. The summed E-state index contributed by atoms with van der Waals surface area (Å²) in [5.74, 6) is -0.462. The van der Waals surface area contributed by atoms with Crippen LogP contribution in [0, 0.1) is 0 Å². The highest BCUT2D eigenvalue weighted by Crippen LogP contribution is 2.20. The fraction of sp³-hybridized carbons (Fsp3) is 0. The Morgan fingerprint density at radius 3 is 2.56 bits per heavy atom. The van der Waals surface area contributed by atoms with E-state index in [1.54, 1.807) is 48.5 Å². The standard InChI is InChI=1S/C19H10ClNO4/c20-13-7-5-11(6-8-13)18-21-15(19(23)25-18)9-12-10-24-16-4-2-1-3-14(16)17(12)22/h1-10H/b15-9+. The van der Waals surface area contributed by atoms with Crippen molar-refractivity contribution < 1.29 is 13.9 Å². The molecule has 0 radical (unpaired) electrons. The third-order valence-electron chi connectivity index (χ3n) is 3.71. The van der Waals surface area contributed by atoms with Crippen molar-refractivity contribution in [1.29, 1.82) is 0 Å². The van der Waals surface area contributed by atoms with E-state index in [0.717, 1.165) is 0 Å². The van der Waals surface area contributed by atoms with Crippen LogP contribution in [0.2, 0.25) is 5.02 Å². The van der Waals surface area contributed by atoms with Gasteiger partial charge in [-0.25, -0.2) is 9.79 Å². The maximum atomic E-state index is 12.5. The first-order valence-electron chi connectivity index (χ1n) is 7.41. The van der Waals surface area contributed by atoms with Crippen LogP contribution in [-0.2, 0) is 9.53 Å². The van der Waals surface area contributed by atoms with E-state index in [-0.39, 0.29) is 22.6 Å². The topological polar surface area (TPSA) is 68.9 Å². The van der Waals surface area contributed by atoms with Gasteiger partial charge in [0.15, 0.2) is 11.1 Å². The van der Waals surface area contributed by atoms with Gasteiger partial charge in [-0.1, -0.05) is 23.7 Å². The summed E-state index contributed by atoms with van der Waals surface area (Å²) in [7, 11) is 0. The number of aliphatic imine (C=N–C) groups is 1. The van der Waals surface area contributed by atoms with Gasteiger partial charge in [0.1, 0.15) is 11.8 Å². The first-order valence-corrected chi connectivity index (χ1v) is 7.79. The predicted molar refractivity (Wildman–Crippen MR) is 94.5 cm³/mol. The molecule has 4 rings (SSSR count). The van der Waals surface area contributed by atoms with Gasteiger partial charge < -0.3 is 9.15 Å². The van der Waals surface area contributed by atoms with Crippen molar-refractivity contribution in [3.63, 3.8) is 0 Å². The first kappa shape index (κ1) is 15.4. The quantitative estimate of drug-likeness (QED) is 0.520. The molecule has 1 aliphatic rings. The predicted octanol–water partition coefficient (Wildman–Crippen LogP) is 3.79. The fourth-order valence-corrected chi connectivity index (χ4v) is 2.59. The number of ether oxygens (including phenoxy) is 1. The monoisotopic (exact) mass is 351 g/mol. The molecule has 122 valence electrons. The van der Waals surface area contributed by atoms with Crippen LogP contribution >= 0.6 is 11.6 Å². The maximum absolute atomic E-state index is 12.5. The highest BCUT2D eigenvalue weighted by atomic mass is 35.5. The third kappa shape index (κ3) is 2.86. The summed E-state index contributed by atoms with van der Waals surface area (Å²) in [5, 5.41) is 1.00. The summed E-state index contributed by atoms with van der Waals surface area (Å²) in [4.78, 5) is 28.7. The molecular weight excluding hydrogens is 342 g/mol. The molecule has 3 aromatic rings. The second-order valence-electron chi connectivity index (χ2n) is 5.36. The van der Waals surface area contributed by atoms with Crippen molar-refractivity contribution in [2.24, 2.45) is 4.99 Å². The van der Waals surface area contributed by atoms with Gasteiger partial charge in [-0.05, 0) is 42.5 Å². The van der Waals surface area contributed by atoms with Gasteiger partial charge in [-0.3, -0.25) is 4.79 Å². The molecule has 0 saturated carbocycles. The minimum atomic E-state index is -0.627. The molecule has 0 bridgehead atoms. The molecule has 0 N–H and O–H groups in total. The van der Waals surface area contributed by atoms with Crippen LogP contribution in [0.5, 0.6) is 0 Å². The van der Waals surface area contributed by atoms with Crippen LogP contribution in [0.15, 0.2) is 74.7 Å². The molecule has 1 aliphatic heterocycles. The minimum absolute atomic E-state index is 0.0348. The lowest BCUT2D eigenvalue weighted by Gasteiger charge is -1.98. The molecule has 0 amide bonds. The number of nitrogens with zero attached hydrogens (tertiary/aromatic N) is 1. The molecule has 25 heavy (non-hydrogen) atoms. The third-order valence-corrected chi connectivity index (χ3v) is 3.96. The Balaban J connectivity index is 1.76. The summed E-state index contributed by atoms with van der Waals surface area (Å²) in [6, 6.07) is 13.6. The average molecular weight is 352 g/mol. The van der Waals surface area contributed by atoms with E-state index >= 15 is 0 Å². The lowest BCUT2D eigenvalue weighted by Crippen LogP contribution is -2.07. The van der Waals surface area contributed by atoms with E-state index in [0.29, 0.717) is 21.6 Å². The van der Waals surface area contributed by atoms with Gasteiger partial charge in [-0.2, -0.15) is 0 Å². The number of hydrogen-bond acceptors (Lipinski definition) is 5. The summed E-state index contributed by atoms with van der Waals surface area (Å²) in [6.07, 6.45) is 2.67. The fourth-order valence-electron chi connectivity index (χ4n) is 2.46. The van der Waals surface area contributed by atoms with Crippen LogP contribution in [0.1, 0.15) is 11.1 Å². The van der Waals surface area contributed by atoms with Gasteiger partial charge in [0.05, 0.1) is 10.9 Å². The summed E-state index contributed by atoms with van der Waals surface area (Å²) in [5.41, 5.74) is 1.12. The molecule has 1 aromatic heterocycles. The highest BCUT2D eigenvalue weighted by Gasteiger charge is 2.24. The minimum Gasteiger partial charge on any atom is -0.463 e. The Bertz CT molecular complexity index is 1110. The maximum Gasteiger partial charge on any atom is 0.363 e. The van der Waals surface area contributed by atoms with E-state index in [1.807, 2.05) is 0 Å². The number of carbonyl (C=O) groups is 1. The number of para-hydroxylation sites is 1. The van der Waals surface area contributed by atoms with Crippen LogP contribution in [0.4, 0.5) is 0 Å². The molecule has 0 unspecified atom stereocenters. The van der Waals surface area contributed by atoms with Crippen molar-refractivity contribution >= 4 is 40.5 Å². The number of carbonyl (C=O) groups excluding carboxylic acids is 1. The summed E-state index contributed by atoms with van der Waals surface area (Å²) >= 11 is 5.84. The zero-order valence-electron chi connectivity index (χ0n) is 12.7. The largest absolute Gasteiger partial charge is 0.463 e. The van der Waals surface area contributed by atoms with Crippen LogP contribution in [0.25, 0.3) is 17.0 Å². The smallest absolute Gasteiger partial charge is 0.363 e. The summed E-state index contributed by atoms with van der Waals surface area (Å²) < 4.78 is 10.6. The normalized spacial score (nSPS) is 15.5. The zero-order chi connectivity index (χ0) is 17.4. The van der Waals surface area contributed by atoms with E-state index in [4.69, 9.17) is 20.8 Å². The van der Waals surface area contributed by atoms with E-state index < -0.39 is 5.97 Å². The lowest BCUT2D eigenvalue weighted by molar-refractivity contribution is -0.129. The van der Waals surface area contributed by atoms with E-state index in [1.165, 1.54) is 12.3 Å². The molecule has 0 aliphatic carbocycles. The zero-order valence-corrected chi connectivity index (χ0v) is 13.5. The number of rotatable bonds is 2. The molecule has 5 nitrogen and oxygen atoms in total. The van der Waals surface area contributed by atoms with Crippen LogP contribution in [0.3, 0.4) is 0 Å². The Kier molecular flexibility index (Phi) is 3.71. The van der Waals surface area contributed by atoms with Crippen LogP contribution < -0.4 is 5.43 Å². The number of fused-ring (bicyclic) bond motifs is 1. The number of halogens is 1. The van der Waals surface area contributed by atoms with E-state index in [9.17, 15) is 9.59 Å². The Hall–Kier alpha value is -3.18. The number of hydrogen-bond donors (Lipinski definition) is 0. The Labute approximate surface area is 146 Å². The van der Waals surface area contributed by atoms with Crippen molar-refractivity contribution in [2.45, 2.75) is 0 Å². The summed E-state index contributed by atoms with van der Waals surface area (Å²) in [6.45, 7) is 0. The van der Waals surface area contributed by atoms with Crippen molar-refractivity contribution in [3.8, 4) is 0 Å². The molecule has 6 heteroatoms. The van der Waals surface area contributed by atoms with Crippen molar-refractivity contribution in [2.75, 3.05) is 0 Å².